The quantitative estimate of drug-likeness (QED) is 0.770. The lowest BCUT2D eigenvalue weighted by Crippen LogP contribution is -2.26. The number of nitrogens with one attached hydrogen (secondary N) is 1. The summed E-state index contributed by atoms with van der Waals surface area (Å²) in [6.07, 6.45) is 1.12. The molecule has 0 saturated heterocycles. The molecule has 1 atom stereocenters. The SMILES string of the molecule is CCCNC(COCC)c1ccc(C)c(OC)c1. The van der Waals surface area contributed by atoms with E-state index in [-0.39, 0.29) is 6.04 Å². The van der Waals surface area contributed by atoms with Crippen LogP contribution in [0.1, 0.15) is 37.4 Å². The van der Waals surface area contributed by atoms with Crippen LogP contribution in [0.25, 0.3) is 0 Å². The van der Waals surface area contributed by atoms with E-state index in [1.165, 1.54) is 5.56 Å². The van der Waals surface area contributed by atoms with Gasteiger partial charge in [0, 0.05) is 6.61 Å². The Bertz CT molecular complexity index is 344. The molecule has 0 aliphatic rings. The zero-order valence-electron chi connectivity index (χ0n) is 12.0. The first-order chi connectivity index (χ1) is 8.72. The first-order valence-corrected chi connectivity index (χ1v) is 6.68. The monoisotopic (exact) mass is 251 g/mol. The minimum atomic E-state index is 0.236. The smallest absolute Gasteiger partial charge is 0.122 e. The fourth-order valence-corrected chi connectivity index (χ4v) is 1.88. The van der Waals surface area contributed by atoms with Gasteiger partial charge in [-0.25, -0.2) is 0 Å². The van der Waals surface area contributed by atoms with Crippen LogP contribution in [0.4, 0.5) is 0 Å². The Morgan fingerprint density at radius 2 is 2.06 bits per heavy atom. The molecule has 0 aliphatic heterocycles. The highest BCUT2D eigenvalue weighted by molar-refractivity contribution is 5.37. The topological polar surface area (TPSA) is 30.5 Å². The number of ether oxygens (including phenoxy) is 2. The second-order valence-electron chi connectivity index (χ2n) is 4.40. The lowest BCUT2D eigenvalue weighted by atomic mass is 10.0. The van der Waals surface area contributed by atoms with Crippen molar-refractivity contribution in [1.82, 2.24) is 5.32 Å². The Morgan fingerprint density at radius 3 is 2.67 bits per heavy atom. The first kappa shape index (κ1) is 15.0. The Hall–Kier alpha value is -1.06. The van der Waals surface area contributed by atoms with Gasteiger partial charge in [0.15, 0.2) is 0 Å². The van der Waals surface area contributed by atoms with Gasteiger partial charge in [-0.2, -0.15) is 0 Å². The molecule has 102 valence electrons. The van der Waals surface area contributed by atoms with Gasteiger partial charge in [-0.3, -0.25) is 0 Å². The van der Waals surface area contributed by atoms with Gasteiger partial charge in [0.1, 0.15) is 5.75 Å². The van der Waals surface area contributed by atoms with Crippen molar-refractivity contribution in [1.29, 1.82) is 0 Å². The predicted octanol–water partition coefficient (Wildman–Crippen LogP) is 3.08. The van der Waals surface area contributed by atoms with Gasteiger partial charge in [0.05, 0.1) is 19.8 Å². The van der Waals surface area contributed by atoms with Crippen molar-refractivity contribution in [2.45, 2.75) is 33.2 Å². The summed E-state index contributed by atoms with van der Waals surface area (Å²) in [5.41, 5.74) is 2.38. The van der Waals surface area contributed by atoms with Crippen molar-refractivity contribution < 1.29 is 9.47 Å². The minimum absolute atomic E-state index is 0.236. The normalized spacial score (nSPS) is 12.4. The minimum Gasteiger partial charge on any atom is -0.496 e. The maximum atomic E-state index is 5.55. The number of hydrogen-bond acceptors (Lipinski definition) is 3. The number of rotatable bonds is 8. The average Bonchev–Trinajstić information content (AvgIpc) is 2.40. The van der Waals surface area contributed by atoms with E-state index in [0.29, 0.717) is 6.61 Å². The summed E-state index contributed by atoms with van der Waals surface area (Å²) in [6, 6.07) is 6.58. The van der Waals surface area contributed by atoms with Crippen LogP contribution < -0.4 is 10.1 Å². The van der Waals surface area contributed by atoms with Gasteiger partial charge < -0.3 is 14.8 Å². The van der Waals surface area contributed by atoms with E-state index in [4.69, 9.17) is 9.47 Å². The van der Waals surface area contributed by atoms with Crippen LogP contribution in [0.5, 0.6) is 5.75 Å². The van der Waals surface area contributed by atoms with E-state index in [9.17, 15) is 0 Å². The third-order valence-corrected chi connectivity index (χ3v) is 2.96. The van der Waals surface area contributed by atoms with Crippen molar-refractivity contribution in [3.8, 4) is 5.75 Å². The third kappa shape index (κ3) is 4.31. The fraction of sp³-hybridized carbons (Fsp3) is 0.600. The van der Waals surface area contributed by atoms with Crippen molar-refractivity contribution in [2.75, 3.05) is 26.9 Å². The molecule has 0 aromatic heterocycles. The summed E-state index contributed by atoms with van der Waals surface area (Å²) in [6.45, 7) is 8.68. The molecule has 18 heavy (non-hydrogen) atoms. The van der Waals surface area contributed by atoms with E-state index in [1.807, 2.05) is 6.92 Å². The van der Waals surface area contributed by atoms with Gasteiger partial charge in [-0.1, -0.05) is 19.1 Å². The second kappa shape index (κ2) is 8.11. The molecule has 1 N–H and O–H groups in total. The van der Waals surface area contributed by atoms with Crippen LogP contribution in [0.15, 0.2) is 18.2 Å². The maximum Gasteiger partial charge on any atom is 0.122 e. The predicted molar refractivity (Wildman–Crippen MR) is 75.3 cm³/mol. The molecular weight excluding hydrogens is 226 g/mol. The van der Waals surface area contributed by atoms with Crippen LogP contribution in [-0.2, 0) is 4.74 Å². The molecule has 0 aliphatic carbocycles. The number of hydrogen-bond donors (Lipinski definition) is 1. The molecule has 3 nitrogen and oxygen atoms in total. The summed E-state index contributed by atoms with van der Waals surface area (Å²) < 4.78 is 10.9. The zero-order chi connectivity index (χ0) is 13.4. The van der Waals surface area contributed by atoms with Crippen molar-refractivity contribution >= 4 is 0 Å². The van der Waals surface area contributed by atoms with Crippen molar-refractivity contribution in [3.63, 3.8) is 0 Å². The van der Waals surface area contributed by atoms with E-state index >= 15 is 0 Å². The molecule has 0 amide bonds. The molecule has 0 saturated carbocycles. The van der Waals surface area contributed by atoms with E-state index < -0.39 is 0 Å². The van der Waals surface area contributed by atoms with Crippen molar-refractivity contribution in [2.24, 2.45) is 0 Å². The Labute approximate surface area is 110 Å². The Kier molecular flexibility index (Phi) is 6.76. The van der Waals surface area contributed by atoms with Crippen LogP contribution >= 0.6 is 0 Å². The van der Waals surface area contributed by atoms with E-state index in [0.717, 1.165) is 30.9 Å². The molecule has 0 radical (unpaired) electrons. The number of methoxy groups -OCH3 is 1. The second-order valence-corrected chi connectivity index (χ2v) is 4.40. The fourth-order valence-electron chi connectivity index (χ4n) is 1.88. The molecule has 0 fully saturated rings. The van der Waals surface area contributed by atoms with Crippen LogP contribution in [0.3, 0.4) is 0 Å². The molecule has 0 heterocycles. The summed E-state index contributed by atoms with van der Waals surface area (Å²) in [5, 5.41) is 3.51. The number of aryl methyl sites for hydroxylation is 1. The average molecular weight is 251 g/mol. The number of benzene rings is 1. The molecule has 0 spiro atoms. The van der Waals surface area contributed by atoms with Crippen molar-refractivity contribution in [3.05, 3.63) is 29.3 Å². The molecule has 0 bridgehead atoms. The van der Waals surface area contributed by atoms with Crippen LogP contribution in [0, 0.1) is 6.92 Å². The highest BCUT2D eigenvalue weighted by Crippen LogP contribution is 2.23. The lowest BCUT2D eigenvalue weighted by Gasteiger charge is -2.20. The van der Waals surface area contributed by atoms with Crippen LogP contribution in [-0.4, -0.2) is 26.9 Å². The van der Waals surface area contributed by atoms with E-state index in [1.54, 1.807) is 7.11 Å². The summed E-state index contributed by atoms with van der Waals surface area (Å²) in [7, 11) is 1.71. The van der Waals surface area contributed by atoms with Gasteiger partial charge >= 0.3 is 0 Å². The molecule has 1 unspecified atom stereocenters. The van der Waals surface area contributed by atoms with Gasteiger partial charge in [0.25, 0.3) is 0 Å². The van der Waals surface area contributed by atoms with Gasteiger partial charge in [0.2, 0.25) is 0 Å². The zero-order valence-corrected chi connectivity index (χ0v) is 12.0. The molecule has 3 heteroatoms. The lowest BCUT2D eigenvalue weighted by molar-refractivity contribution is 0.123. The molecule has 1 aromatic carbocycles. The molecular formula is C15H25NO2. The highest BCUT2D eigenvalue weighted by atomic mass is 16.5. The maximum absolute atomic E-state index is 5.55. The highest BCUT2D eigenvalue weighted by Gasteiger charge is 2.12. The van der Waals surface area contributed by atoms with Gasteiger partial charge in [-0.05, 0) is 44.0 Å². The largest absolute Gasteiger partial charge is 0.496 e. The summed E-state index contributed by atoms with van der Waals surface area (Å²) in [4.78, 5) is 0. The summed E-state index contributed by atoms with van der Waals surface area (Å²) >= 11 is 0. The van der Waals surface area contributed by atoms with Gasteiger partial charge in [-0.15, -0.1) is 0 Å². The third-order valence-electron chi connectivity index (χ3n) is 2.96. The van der Waals surface area contributed by atoms with E-state index in [2.05, 4.69) is 37.4 Å². The standard InChI is InChI=1S/C15H25NO2/c1-5-9-16-14(11-18-6-2)13-8-7-12(3)15(10-13)17-4/h7-8,10,14,16H,5-6,9,11H2,1-4H3. The summed E-state index contributed by atoms with van der Waals surface area (Å²) in [5.74, 6) is 0.937. The van der Waals surface area contributed by atoms with Crippen LogP contribution in [0.2, 0.25) is 0 Å². The Balaban J connectivity index is 2.82. The molecule has 1 aromatic rings. The first-order valence-electron chi connectivity index (χ1n) is 6.68. The molecule has 1 rings (SSSR count). The Morgan fingerprint density at radius 1 is 1.28 bits per heavy atom.